The molecule has 1 N–H and O–H groups in total. The number of morpholine rings is 1. The molecule has 0 spiro atoms. The number of halogens is 1. The van der Waals surface area contributed by atoms with Gasteiger partial charge >= 0.3 is 5.97 Å². The number of nitrogens with zero attached hydrogens (tertiary/aromatic N) is 6. The van der Waals surface area contributed by atoms with E-state index in [1.165, 1.54) is 6.20 Å². The van der Waals surface area contributed by atoms with Gasteiger partial charge in [0.2, 0.25) is 5.43 Å². The zero-order chi connectivity index (χ0) is 32.4. The Morgan fingerprint density at radius 1 is 0.978 bits per heavy atom. The highest BCUT2D eigenvalue weighted by Crippen LogP contribution is 2.28. The second-order valence-electron chi connectivity index (χ2n) is 11.5. The first kappa shape index (κ1) is 31.0. The van der Waals surface area contributed by atoms with Gasteiger partial charge in [-0.3, -0.25) is 14.5 Å². The van der Waals surface area contributed by atoms with Gasteiger partial charge in [0.15, 0.2) is 0 Å². The Balaban J connectivity index is 1.19. The SMILES string of the molecule is CCn1cc(C(=O)O)c(=O)c2cc(F)c(N3CCN(C(=O)/C(C#N)=C/c4cn(CCN5CCOCC5)c5ccccc45)CC3)cc21. The quantitative estimate of drug-likeness (QED) is 0.233. The number of carbonyl (C=O) groups excluding carboxylic acids is 1. The lowest BCUT2D eigenvalue weighted by Gasteiger charge is -2.36. The molecule has 11 nitrogen and oxygen atoms in total. The maximum Gasteiger partial charge on any atom is 0.341 e. The second-order valence-corrected chi connectivity index (χ2v) is 11.5. The first-order chi connectivity index (χ1) is 22.3. The summed E-state index contributed by atoms with van der Waals surface area (Å²) in [7, 11) is 0. The lowest BCUT2D eigenvalue weighted by Crippen LogP contribution is -2.49. The van der Waals surface area contributed by atoms with Crippen LogP contribution in [0.15, 0.2) is 59.2 Å². The molecule has 6 rings (SSSR count). The van der Waals surface area contributed by atoms with E-state index >= 15 is 4.39 Å². The molecule has 2 aliphatic heterocycles. The summed E-state index contributed by atoms with van der Waals surface area (Å²) in [5, 5.41) is 20.4. The minimum Gasteiger partial charge on any atom is -0.477 e. The van der Waals surface area contributed by atoms with E-state index < -0.39 is 22.8 Å². The summed E-state index contributed by atoms with van der Waals surface area (Å²) in [6.07, 6.45) is 4.93. The van der Waals surface area contributed by atoms with Crippen molar-refractivity contribution in [3.63, 3.8) is 0 Å². The Morgan fingerprint density at radius 3 is 2.41 bits per heavy atom. The summed E-state index contributed by atoms with van der Waals surface area (Å²) < 4.78 is 24.6. The van der Waals surface area contributed by atoms with Gasteiger partial charge < -0.3 is 28.8 Å². The molecule has 4 heterocycles. The van der Waals surface area contributed by atoms with Gasteiger partial charge in [0.1, 0.15) is 23.0 Å². The van der Waals surface area contributed by atoms with E-state index in [-0.39, 0.29) is 35.6 Å². The zero-order valence-corrected chi connectivity index (χ0v) is 25.6. The number of aryl methyl sites for hydroxylation is 1. The Kier molecular flexibility index (Phi) is 8.87. The summed E-state index contributed by atoms with van der Waals surface area (Å²) in [4.78, 5) is 43.6. The average Bonchev–Trinajstić information content (AvgIpc) is 3.43. The smallest absolute Gasteiger partial charge is 0.341 e. The highest BCUT2D eigenvalue weighted by molar-refractivity contribution is 6.04. The first-order valence-electron chi connectivity index (χ1n) is 15.4. The molecule has 2 aromatic carbocycles. The van der Waals surface area contributed by atoms with E-state index in [1.807, 2.05) is 37.4 Å². The number of carboxylic acids is 1. The number of piperazine rings is 1. The second kappa shape index (κ2) is 13.2. The summed E-state index contributed by atoms with van der Waals surface area (Å²) in [6, 6.07) is 12.7. The van der Waals surface area contributed by atoms with E-state index in [0.29, 0.717) is 25.2 Å². The molecular weight excluding hydrogens is 591 g/mol. The van der Waals surface area contributed by atoms with Crippen LogP contribution in [0.1, 0.15) is 22.8 Å². The number of hydrogen-bond acceptors (Lipinski definition) is 7. The molecule has 0 saturated carbocycles. The molecule has 4 aromatic rings. The third-order valence-electron chi connectivity index (χ3n) is 8.86. The van der Waals surface area contributed by atoms with Crippen molar-refractivity contribution in [2.75, 3.05) is 63.9 Å². The zero-order valence-electron chi connectivity index (χ0n) is 25.6. The molecule has 2 fully saturated rings. The fraction of sp³-hybridized carbons (Fsp3) is 0.353. The van der Waals surface area contributed by atoms with Crippen molar-refractivity contribution < 1.29 is 23.8 Å². The van der Waals surface area contributed by atoms with E-state index in [1.54, 1.807) is 26.5 Å². The number of ether oxygens (including phenoxy) is 1. The van der Waals surface area contributed by atoms with Crippen LogP contribution >= 0.6 is 0 Å². The number of carbonyl (C=O) groups is 2. The van der Waals surface area contributed by atoms with Crippen LogP contribution in [0.4, 0.5) is 10.1 Å². The number of anilines is 1. The molecule has 2 aliphatic rings. The molecular formula is C34H35FN6O5. The van der Waals surface area contributed by atoms with Gasteiger partial charge in [-0.1, -0.05) is 18.2 Å². The Labute approximate surface area is 264 Å². The lowest BCUT2D eigenvalue weighted by molar-refractivity contribution is -0.126. The fourth-order valence-electron chi connectivity index (χ4n) is 6.32. The van der Waals surface area contributed by atoms with Crippen molar-refractivity contribution in [1.29, 1.82) is 5.26 Å². The molecule has 0 aliphatic carbocycles. The molecule has 0 unspecified atom stereocenters. The monoisotopic (exact) mass is 626 g/mol. The van der Waals surface area contributed by atoms with Crippen molar-refractivity contribution in [2.24, 2.45) is 0 Å². The molecule has 0 radical (unpaired) electrons. The largest absolute Gasteiger partial charge is 0.477 e. The number of rotatable bonds is 8. The molecule has 1 amide bonds. The van der Waals surface area contributed by atoms with Crippen LogP contribution in [0.5, 0.6) is 0 Å². The lowest BCUT2D eigenvalue weighted by atomic mass is 10.1. The third-order valence-corrected chi connectivity index (χ3v) is 8.86. The van der Waals surface area contributed by atoms with Crippen LogP contribution in [-0.4, -0.2) is 94.9 Å². The molecule has 238 valence electrons. The van der Waals surface area contributed by atoms with E-state index in [2.05, 4.69) is 15.5 Å². The molecule has 0 bridgehead atoms. The number of hydrogen-bond donors (Lipinski definition) is 1. The van der Waals surface area contributed by atoms with E-state index in [9.17, 15) is 24.8 Å². The van der Waals surface area contributed by atoms with Gasteiger partial charge in [-0.05, 0) is 31.2 Å². The van der Waals surface area contributed by atoms with Gasteiger partial charge in [-0.15, -0.1) is 0 Å². The van der Waals surface area contributed by atoms with E-state index in [4.69, 9.17) is 4.74 Å². The van der Waals surface area contributed by atoms with Crippen LogP contribution in [0.2, 0.25) is 0 Å². The molecule has 12 heteroatoms. The highest BCUT2D eigenvalue weighted by Gasteiger charge is 2.27. The Hall–Kier alpha value is -4.99. The number of aromatic carboxylic acids is 1. The number of carboxylic acid groups (broad SMARTS) is 1. The predicted molar refractivity (Wildman–Crippen MR) is 172 cm³/mol. The Morgan fingerprint density at radius 2 is 1.72 bits per heavy atom. The summed E-state index contributed by atoms with van der Waals surface area (Å²) >= 11 is 0. The minimum absolute atomic E-state index is 0.00284. The van der Waals surface area contributed by atoms with Gasteiger partial charge in [0.25, 0.3) is 5.91 Å². The standard InChI is InChI=1S/C34H35FN6O5/c1-2-38-22-27(34(44)45)32(42)26-18-28(35)31(19-30(26)38)39-9-11-40(12-10-39)33(43)23(20-36)17-24-21-41(29-6-4-3-5-25(24)29)8-7-37-13-15-46-16-14-37/h3-6,17-19,21-22H,2,7-16H2,1H3,(H,44,45)/b23-17+. The van der Waals surface area contributed by atoms with Crippen molar-refractivity contribution in [3.8, 4) is 6.07 Å². The van der Waals surface area contributed by atoms with Crippen LogP contribution in [0.3, 0.4) is 0 Å². The maximum atomic E-state index is 15.3. The van der Waals surface area contributed by atoms with Crippen molar-refractivity contribution >= 4 is 45.4 Å². The number of amides is 1. The van der Waals surface area contributed by atoms with Crippen LogP contribution < -0.4 is 10.3 Å². The third kappa shape index (κ3) is 5.99. The first-order valence-corrected chi connectivity index (χ1v) is 15.4. The number of aromatic nitrogens is 2. The van der Waals surface area contributed by atoms with Crippen molar-refractivity contribution in [3.05, 3.63) is 81.5 Å². The minimum atomic E-state index is -1.36. The van der Waals surface area contributed by atoms with Crippen molar-refractivity contribution in [1.82, 2.24) is 18.9 Å². The molecule has 2 aromatic heterocycles. The van der Waals surface area contributed by atoms with E-state index in [0.717, 1.165) is 61.9 Å². The number of fused-ring (bicyclic) bond motifs is 2. The summed E-state index contributed by atoms with van der Waals surface area (Å²) in [5.74, 6) is -2.39. The molecule has 46 heavy (non-hydrogen) atoms. The fourth-order valence-corrected chi connectivity index (χ4v) is 6.32. The van der Waals surface area contributed by atoms with Gasteiger partial charge in [0.05, 0.1) is 24.4 Å². The van der Waals surface area contributed by atoms with Gasteiger partial charge in [0, 0.05) is 93.1 Å². The van der Waals surface area contributed by atoms with Gasteiger partial charge in [-0.2, -0.15) is 5.26 Å². The van der Waals surface area contributed by atoms with Crippen LogP contribution in [0.25, 0.3) is 27.9 Å². The number of benzene rings is 2. The summed E-state index contributed by atoms with van der Waals surface area (Å²) in [6.45, 7) is 8.28. The topological polar surface area (TPSA) is 124 Å². The van der Waals surface area contributed by atoms with Crippen LogP contribution in [-0.2, 0) is 22.6 Å². The predicted octanol–water partition coefficient (Wildman–Crippen LogP) is 3.40. The highest BCUT2D eigenvalue weighted by atomic mass is 19.1. The summed E-state index contributed by atoms with van der Waals surface area (Å²) in [5.41, 5.74) is 1.42. The molecule has 0 atom stereocenters. The van der Waals surface area contributed by atoms with Crippen molar-refractivity contribution in [2.45, 2.75) is 20.0 Å². The normalized spacial score (nSPS) is 16.2. The van der Waals surface area contributed by atoms with Crippen LogP contribution in [0, 0.1) is 17.1 Å². The Bertz CT molecular complexity index is 1940. The van der Waals surface area contributed by atoms with Gasteiger partial charge in [-0.25, -0.2) is 9.18 Å². The number of pyridine rings is 1. The average molecular weight is 627 g/mol. The number of para-hydroxylation sites is 1. The maximum absolute atomic E-state index is 15.3. The number of nitriles is 1. The molecule has 2 saturated heterocycles.